The zero-order valence-electron chi connectivity index (χ0n) is 12.7. The molecule has 23 heavy (non-hydrogen) atoms. The molecule has 4 heterocycles. The number of amides is 1. The molecule has 0 saturated carbocycles. The summed E-state index contributed by atoms with van der Waals surface area (Å²) < 4.78 is 6.94. The summed E-state index contributed by atoms with van der Waals surface area (Å²) in [7, 11) is 0. The van der Waals surface area contributed by atoms with E-state index in [2.05, 4.69) is 15.0 Å². The van der Waals surface area contributed by atoms with Gasteiger partial charge in [0, 0.05) is 38.6 Å². The number of nitrogens with zero attached hydrogens (tertiary/aromatic N) is 5. The highest BCUT2D eigenvalue weighted by Gasteiger charge is 2.39. The van der Waals surface area contributed by atoms with Crippen LogP contribution in [0.1, 0.15) is 10.4 Å². The maximum atomic E-state index is 12.8. The third-order valence-electron chi connectivity index (χ3n) is 4.57. The van der Waals surface area contributed by atoms with E-state index in [-0.39, 0.29) is 11.9 Å². The molecule has 2 aliphatic heterocycles. The molecule has 2 fully saturated rings. The van der Waals surface area contributed by atoms with Crippen molar-refractivity contribution in [1.29, 1.82) is 0 Å². The molecule has 0 bridgehead atoms. The molecule has 122 valence electrons. The lowest BCUT2D eigenvalue weighted by atomic mass is 10.1. The van der Waals surface area contributed by atoms with Crippen LogP contribution < -0.4 is 0 Å². The maximum absolute atomic E-state index is 12.8. The van der Waals surface area contributed by atoms with Gasteiger partial charge in [0.25, 0.3) is 5.91 Å². The van der Waals surface area contributed by atoms with Crippen LogP contribution in [0.4, 0.5) is 0 Å². The first-order chi connectivity index (χ1) is 11.2. The Labute approximate surface area is 133 Å². The van der Waals surface area contributed by atoms with Crippen LogP contribution in [0.5, 0.6) is 0 Å². The highest BCUT2D eigenvalue weighted by Crippen LogP contribution is 2.21. The number of aliphatic hydroxyl groups excluding tert-OH is 1. The monoisotopic (exact) mass is 317 g/mol. The third-order valence-corrected chi connectivity index (χ3v) is 4.57. The second-order valence-electron chi connectivity index (χ2n) is 5.94. The van der Waals surface area contributed by atoms with Gasteiger partial charge in [-0.1, -0.05) is 0 Å². The molecule has 2 aromatic rings. The number of carbonyl (C=O) groups excluding carboxylic acids is 1. The average molecular weight is 317 g/mol. The largest absolute Gasteiger partial charge is 0.390 e. The number of carbonyl (C=O) groups is 1. The molecule has 0 unspecified atom stereocenters. The molecule has 0 spiro atoms. The summed E-state index contributed by atoms with van der Waals surface area (Å²) in [5, 5.41) is 14.5. The molecule has 2 aromatic heterocycles. The predicted molar refractivity (Wildman–Crippen MR) is 81.1 cm³/mol. The van der Waals surface area contributed by atoms with Crippen molar-refractivity contribution in [2.45, 2.75) is 12.1 Å². The molecule has 2 aliphatic rings. The van der Waals surface area contributed by atoms with E-state index in [0.717, 1.165) is 13.1 Å². The first kappa shape index (κ1) is 14.6. The van der Waals surface area contributed by atoms with Crippen molar-refractivity contribution in [2.24, 2.45) is 0 Å². The number of β-amino-alcohol motifs (C(OH)–C–C–N with tert-alkyl or cyclic N) is 1. The summed E-state index contributed by atoms with van der Waals surface area (Å²) >= 11 is 0. The fourth-order valence-electron chi connectivity index (χ4n) is 3.35. The van der Waals surface area contributed by atoms with E-state index in [4.69, 9.17) is 4.74 Å². The summed E-state index contributed by atoms with van der Waals surface area (Å²) in [5.74, 6) is -0.131. The molecule has 0 radical (unpaired) electrons. The SMILES string of the molecule is O=C(c1cnn2cccnc12)N1C[C@@H](O)[C@H](N2CCOCC2)C1. The highest BCUT2D eigenvalue weighted by molar-refractivity contribution is 5.99. The lowest BCUT2D eigenvalue weighted by Crippen LogP contribution is -2.49. The van der Waals surface area contributed by atoms with Gasteiger partial charge in [-0.3, -0.25) is 9.69 Å². The van der Waals surface area contributed by atoms with Gasteiger partial charge in [-0.25, -0.2) is 9.50 Å². The maximum Gasteiger partial charge on any atom is 0.259 e. The lowest BCUT2D eigenvalue weighted by molar-refractivity contribution is -0.00611. The fourth-order valence-corrected chi connectivity index (χ4v) is 3.35. The number of aromatic nitrogens is 3. The summed E-state index contributed by atoms with van der Waals surface area (Å²) in [6, 6.07) is 1.74. The Kier molecular flexibility index (Phi) is 3.72. The van der Waals surface area contributed by atoms with E-state index in [1.165, 1.54) is 0 Å². The number of ether oxygens (including phenoxy) is 1. The minimum Gasteiger partial charge on any atom is -0.390 e. The summed E-state index contributed by atoms with van der Waals surface area (Å²) in [5.41, 5.74) is 1.02. The van der Waals surface area contributed by atoms with E-state index in [1.807, 2.05) is 0 Å². The lowest BCUT2D eigenvalue weighted by Gasteiger charge is -2.33. The molecule has 4 rings (SSSR count). The zero-order chi connectivity index (χ0) is 15.8. The van der Waals surface area contributed by atoms with Crippen molar-refractivity contribution in [1.82, 2.24) is 24.4 Å². The van der Waals surface area contributed by atoms with Gasteiger partial charge in [0.15, 0.2) is 5.65 Å². The third kappa shape index (κ3) is 2.58. The Bertz CT molecular complexity index is 712. The topological polar surface area (TPSA) is 83.2 Å². The normalized spacial score (nSPS) is 26.0. The fraction of sp³-hybridized carbons (Fsp3) is 0.533. The second kappa shape index (κ2) is 5.88. The van der Waals surface area contributed by atoms with Crippen molar-refractivity contribution >= 4 is 11.6 Å². The minimum atomic E-state index is -0.535. The Balaban J connectivity index is 1.53. The standard InChI is InChI=1S/C15H19N5O3/c21-13-10-19(9-12(13)18-4-6-23-7-5-18)15(22)11-8-17-20-3-1-2-16-14(11)20/h1-3,8,12-13,21H,4-7,9-10H2/t12-,13-/m1/s1. The number of aliphatic hydroxyl groups is 1. The number of morpholine rings is 1. The summed E-state index contributed by atoms with van der Waals surface area (Å²) in [4.78, 5) is 20.9. The first-order valence-corrected chi connectivity index (χ1v) is 7.81. The Morgan fingerprint density at radius 1 is 1.30 bits per heavy atom. The van der Waals surface area contributed by atoms with Gasteiger partial charge in [0.05, 0.1) is 31.6 Å². The highest BCUT2D eigenvalue weighted by atomic mass is 16.5. The van der Waals surface area contributed by atoms with Crippen molar-refractivity contribution < 1.29 is 14.6 Å². The smallest absolute Gasteiger partial charge is 0.259 e. The second-order valence-corrected chi connectivity index (χ2v) is 5.94. The molecule has 2 saturated heterocycles. The van der Waals surface area contributed by atoms with Gasteiger partial charge >= 0.3 is 0 Å². The van der Waals surface area contributed by atoms with E-state index < -0.39 is 6.10 Å². The molecule has 1 amide bonds. The number of fused-ring (bicyclic) bond motifs is 1. The Morgan fingerprint density at radius 3 is 2.96 bits per heavy atom. The molecule has 1 N–H and O–H groups in total. The van der Waals surface area contributed by atoms with Gasteiger partial charge in [-0.15, -0.1) is 0 Å². The van der Waals surface area contributed by atoms with Gasteiger partial charge in [0.2, 0.25) is 0 Å². The van der Waals surface area contributed by atoms with Crippen LogP contribution in [0.3, 0.4) is 0 Å². The van der Waals surface area contributed by atoms with Crippen molar-refractivity contribution in [3.05, 3.63) is 30.2 Å². The quantitative estimate of drug-likeness (QED) is 0.784. The van der Waals surface area contributed by atoms with Crippen LogP contribution in [0.15, 0.2) is 24.7 Å². The van der Waals surface area contributed by atoms with Gasteiger partial charge in [-0.05, 0) is 6.07 Å². The van der Waals surface area contributed by atoms with E-state index in [1.54, 1.807) is 34.1 Å². The van der Waals surface area contributed by atoms with E-state index >= 15 is 0 Å². The average Bonchev–Trinajstić information content (AvgIpc) is 3.19. The van der Waals surface area contributed by atoms with Crippen LogP contribution >= 0.6 is 0 Å². The zero-order valence-corrected chi connectivity index (χ0v) is 12.7. The van der Waals surface area contributed by atoms with Crippen LogP contribution in [0, 0.1) is 0 Å². The number of hydrogen-bond acceptors (Lipinski definition) is 6. The van der Waals surface area contributed by atoms with Crippen LogP contribution in [0.25, 0.3) is 5.65 Å². The number of hydrogen-bond donors (Lipinski definition) is 1. The number of rotatable bonds is 2. The molecule has 8 heteroatoms. The van der Waals surface area contributed by atoms with Gasteiger partial charge < -0.3 is 14.7 Å². The van der Waals surface area contributed by atoms with E-state index in [9.17, 15) is 9.90 Å². The molecular weight excluding hydrogens is 298 g/mol. The Morgan fingerprint density at radius 2 is 2.13 bits per heavy atom. The van der Waals surface area contributed by atoms with Gasteiger partial charge in [0.1, 0.15) is 5.56 Å². The minimum absolute atomic E-state index is 0.0300. The molecular formula is C15H19N5O3. The van der Waals surface area contributed by atoms with Gasteiger partial charge in [-0.2, -0.15) is 5.10 Å². The molecule has 2 atom stereocenters. The molecule has 0 aliphatic carbocycles. The van der Waals surface area contributed by atoms with Crippen molar-refractivity contribution in [3.63, 3.8) is 0 Å². The van der Waals surface area contributed by atoms with Crippen LogP contribution in [0.2, 0.25) is 0 Å². The number of likely N-dealkylation sites (tertiary alicyclic amines) is 1. The predicted octanol–water partition coefficient (Wildman–Crippen LogP) is -0.753. The van der Waals surface area contributed by atoms with Crippen molar-refractivity contribution in [3.8, 4) is 0 Å². The molecule has 0 aromatic carbocycles. The molecule has 8 nitrogen and oxygen atoms in total. The first-order valence-electron chi connectivity index (χ1n) is 7.81. The van der Waals surface area contributed by atoms with Crippen LogP contribution in [-0.4, -0.2) is 87.0 Å². The summed E-state index contributed by atoms with van der Waals surface area (Å²) in [6.07, 6.45) is 4.41. The van der Waals surface area contributed by atoms with Crippen molar-refractivity contribution in [2.75, 3.05) is 39.4 Å². The van der Waals surface area contributed by atoms with Crippen LogP contribution in [-0.2, 0) is 4.74 Å². The Hall–Kier alpha value is -2.03. The summed E-state index contributed by atoms with van der Waals surface area (Å²) in [6.45, 7) is 3.80. The van der Waals surface area contributed by atoms with E-state index in [0.29, 0.717) is 37.5 Å².